The molecule has 0 saturated carbocycles. The van der Waals surface area contributed by atoms with E-state index >= 15 is 0 Å². The van der Waals surface area contributed by atoms with Crippen LogP contribution in [0.15, 0.2) is 58.4 Å². The first-order valence-electron chi connectivity index (χ1n) is 7.52. The summed E-state index contributed by atoms with van der Waals surface area (Å²) in [7, 11) is 0. The van der Waals surface area contributed by atoms with Gasteiger partial charge in [0.1, 0.15) is 5.75 Å². The largest absolute Gasteiger partial charge is 0.435 e. The molecule has 0 aliphatic heterocycles. The number of halogens is 2. The molecule has 3 aromatic rings. The van der Waals surface area contributed by atoms with E-state index in [0.717, 1.165) is 17.3 Å². The zero-order chi connectivity index (χ0) is 18.5. The summed E-state index contributed by atoms with van der Waals surface area (Å²) in [5.41, 5.74) is 1.11. The van der Waals surface area contributed by atoms with Crippen molar-refractivity contribution in [1.82, 2.24) is 15.2 Å². The average molecular weight is 377 g/mol. The number of aromatic nitrogens is 3. The van der Waals surface area contributed by atoms with Gasteiger partial charge in [-0.2, -0.15) is 8.78 Å². The fraction of sp³-hybridized carbons (Fsp3) is 0.176. The van der Waals surface area contributed by atoms with Crippen LogP contribution in [0.5, 0.6) is 5.75 Å². The molecule has 26 heavy (non-hydrogen) atoms. The number of benzene rings is 1. The monoisotopic (exact) mass is 377 g/mol. The van der Waals surface area contributed by atoms with Crippen molar-refractivity contribution < 1.29 is 22.7 Å². The third-order valence-corrected chi connectivity index (χ3v) is 4.28. The highest BCUT2D eigenvalue weighted by atomic mass is 32.2. The lowest BCUT2D eigenvalue weighted by Gasteiger charge is -2.09. The van der Waals surface area contributed by atoms with Gasteiger partial charge in [0.25, 0.3) is 5.22 Å². The normalized spacial score (nSPS) is 12.2. The smallest absolute Gasteiger partial charge is 0.387 e. The van der Waals surface area contributed by atoms with Crippen molar-refractivity contribution in [2.24, 2.45) is 0 Å². The fourth-order valence-electron chi connectivity index (χ4n) is 2.11. The topological polar surface area (TPSA) is 78.1 Å². The van der Waals surface area contributed by atoms with Crippen molar-refractivity contribution in [3.05, 3.63) is 54.4 Å². The molecule has 2 heterocycles. The number of ketones is 1. The number of carbonyl (C=O) groups excluding carboxylic acids is 1. The standard InChI is InChI=1S/C17H13F2N3O3S/c1-10(14(23)11-2-4-13(5-3-11)24-16(18)19)26-17-22-21-15(25-17)12-6-8-20-9-7-12/h2-10,16H,1H3/t10-/m0/s1. The Kier molecular flexibility index (Phi) is 5.57. The molecule has 0 unspecified atom stereocenters. The van der Waals surface area contributed by atoms with Gasteiger partial charge in [0.2, 0.25) is 5.89 Å². The molecule has 6 nitrogen and oxygen atoms in total. The third-order valence-electron chi connectivity index (χ3n) is 3.34. The molecule has 0 aliphatic carbocycles. The molecule has 0 radical (unpaired) electrons. The van der Waals surface area contributed by atoms with Gasteiger partial charge in [-0.3, -0.25) is 9.78 Å². The summed E-state index contributed by atoms with van der Waals surface area (Å²) in [6.45, 7) is -1.20. The Morgan fingerprint density at radius 3 is 2.46 bits per heavy atom. The second-order valence-corrected chi connectivity index (χ2v) is 6.43. The molecule has 0 bridgehead atoms. The van der Waals surface area contributed by atoms with Gasteiger partial charge in [-0.15, -0.1) is 10.2 Å². The van der Waals surface area contributed by atoms with E-state index in [-0.39, 0.29) is 16.8 Å². The van der Waals surface area contributed by atoms with Gasteiger partial charge in [-0.25, -0.2) is 0 Å². The molecule has 1 atom stereocenters. The van der Waals surface area contributed by atoms with Crippen molar-refractivity contribution in [3.8, 4) is 17.2 Å². The van der Waals surface area contributed by atoms with Crippen molar-refractivity contribution in [2.75, 3.05) is 0 Å². The van der Waals surface area contributed by atoms with Gasteiger partial charge in [0.05, 0.1) is 5.25 Å². The first-order chi connectivity index (χ1) is 12.5. The number of ether oxygens (including phenoxy) is 1. The van der Waals surface area contributed by atoms with Crippen molar-refractivity contribution in [2.45, 2.75) is 24.0 Å². The molecular formula is C17H13F2N3O3S. The van der Waals surface area contributed by atoms with Crippen LogP contribution in [0.4, 0.5) is 8.78 Å². The number of nitrogens with zero attached hydrogens (tertiary/aromatic N) is 3. The van der Waals surface area contributed by atoms with Crippen molar-refractivity contribution >= 4 is 17.5 Å². The van der Waals surface area contributed by atoms with Gasteiger partial charge in [-0.05, 0) is 43.3 Å². The molecule has 0 N–H and O–H groups in total. The molecule has 2 aromatic heterocycles. The highest BCUT2D eigenvalue weighted by Crippen LogP contribution is 2.28. The summed E-state index contributed by atoms with van der Waals surface area (Å²) in [6, 6.07) is 9.00. The number of alkyl halides is 2. The molecule has 0 amide bonds. The maximum atomic E-state index is 12.5. The van der Waals surface area contributed by atoms with Crippen LogP contribution >= 0.6 is 11.8 Å². The Morgan fingerprint density at radius 1 is 1.12 bits per heavy atom. The molecule has 0 aliphatic rings. The maximum absolute atomic E-state index is 12.5. The quantitative estimate of drug-likeness (QED) is 0.453. The number of thioether (sulfide) groups is 1. The summed E-state index contributed by atoms with van der Waals surface area (Å²) in [4.78, 5) is 16.4. The predicted molar refractivity (Wildman–Crippen MR) is 90.3 cm³/mol. The number of rotatable bonds is 7. The highest BCUT2D eigenvalue weighted by molar-refractivity contribution is 8.00. The first-order valence-corrected chi connectivity index (χ1v) is 8.40. The van der Waals surface area contributed by atoms with Crippen LogP contribution in [-0.4, -0.2) is 32.8 Å². The van der Waals surface area contributed by atoms with E-state index in [4.69, 9.17) is 4.42 Å². The molecule has 3 rings (SSSR count). The average Bonchev–Trinajstić information content (AvgIpc) is 3.10. The van der Waals surface area contributed by atoms with Crippen LogP contribution in [0, 0.1) is 0 Å². The molecule has 0 fully saturated rings. The van der Waals surface area contributed by atoms with Crippen LogP contribution in [0.1, 0.15) is 17.3 Å². The molecular weight excluding hydrogens is 364 g/mol. The van der Waals surface area contributed by atoms with Gasteiger partial charge in [0.15, 0.2) is 5.78 Å². The van der Waals surface area contributed by atoms with Crippen molar-refractivity contribution in [3.63, 3.8) is 0 Å². The van der Waals surface area contributed by atoms with E-state index in [1.165, 1.54) is 24.3 Å². The molecule has 1 aromatic carbocycles. The van der Waals surface area contributed by atoms with Crippen LogP contribution in [0.2, 0.25) is 0 Å². The summed E-state index contributed by atoms with van der Waals surface area (Å²) in [5.74, 6) is 0.140. The molecule has 9 heteroatoms. The van der Waals surface area contributed by atoms with Gasteiger partial charge in [0, 0.05) is 23.5 Å². The van der Waals surface area contributed by atoms with Gasteiger partial charge < -0.3 is 9.15 Å². The van der Waals surface area contributed by atoms with Gasteiger partial charge in [-0.1, -0.05) is 11.8 Å². The third kappa shape index (κ3) is 4.42. The Hall–Kier alpha value is -2.81. The Bertz CT molecular complexity index is 872. The van der Waals surface area contributed by atoms with Gasteiger partial charge >= 0.3 is 6.61 Å². The Balaban J connectivity index is 1.65. The molecule has 134 valence electrons. The number of pyridine rings is 1. The van der Waals surface area contributed by atoms with Crippen LogP contribution in [0.25, 0.3) is 11.5 Å². The summed E-state index contributed by atoms with van der Waals surface area (Å²) < 4.78 is 34.1. The lowest BCUT2D eigenvalue weighted by Crippen LogP contribution is -2.13. The number of hydrogen-bond donors (Lipinski definition) is 0. The number of carbonyl (C=O) groups is 1. The highest BCUT2D eigenvalue weighted by Gasteiger charge is 2.20. The zero-order valence-corrected chi connectivity index (χ0v) is 14.3. The van der Waals surface area contributed by atoms with E-state index < -0.39 is 11.9 Å². The summed E-state index contributed by atoms with van der Waals surface area (Å²) >= 11 is 1.12. The second kappa shape index (κ2) is 8.05. The van der Waals surface area contributed by atoms with Crippen molar-refractivity contribution in [1.29, 1.82) is 0 Å². The maximum Gasteiger partial charge on any atom is 0.387 e. The van der Waals surface area contributed by atoms with Crippen LogP contribution in [0.3, 0.4) is 0 Å². The predicted octanol–water partition coefficient (Wildman–Crippen LogP) is 4.10. The minimum Gasteiger partial charge on any atom is -0.435 e. The Morgan fingerprint density at radius 2 is 1.81 bits per heavy atom. The minimum absolute atomic E-state index is 0.00394. The van der Waals surface area contributed by atoms with E-state index in [1.807, 2.05) is 0 Å². The summed E-state index contributed by atoms with van der Waals surface area (Å²) in [6.07, 6.45) is 3.22. The van der Waals surface area contributed by atoms with E-state index in [2.05, 4.69) is 19.9 Å². The first kappa shape index (κ1) is 18.0. The lowest BCUT2D eigenvalue weighted by molar-refractivity contribution is -0.0498. The SMILES string of the molecule is C[C@H](Sc1nnc(-c2ccncc2)o1)C(=O)c1ccc(OC(F)F)cc1. The Labute approximate surface area is 151 Å². The van der Waals surface area contributed by atoms with E-state index in [0.29, 0.717) is 11.5 Å². The second-order valence-electron chi connectivity index (χ2n) is 5.14. The molecule has 0 saturated heterocycles. The fourth-order valence-corrected chi connectivity index (χ4v) is 2.87. The lowest BCUT2D eigenvalue weighted by atomic mass is 10.1. The number of Topliss-reactive ketones (excluding diaryl/α,β-unsaturated/α-hetero) is 1. The zero-order valence-electron chi connectivity index (χ0n) is 13.5. The van der Waals surface area contributed by atoms with E-state index in [9.17, 15) is 13.6 Å². The number of hydrogen-bond acceptors (Lipinski definition) is 7. The summed E-state index contributed by atoms with van der Waals surface area (Å²) in [5, 5.41) is 7.63. The van der Waals surface area contributed by atoms with E-state index in [1.54, 1.807) is 31.5 Å². The minimum atomic E-state index is -2.90. The van der Waals surface area contributed by atoms with Crippen LogP contribution < -0.4 is 4.74 Å². The van der Waals surface area contributed by atoms with Crippen LogP contribution in [-0.2, 0) is 0 Å². The molecule has 0 spiro atoms.